The zero-order valence-corrected chi connectivity index (χ0v) is 11.4. The van der Waals surface area contributed by atoms with Crippen LogP contribution in [0.15, 0.2) is 0 Å². The second kappa shape index (κ2) is 6.83. The van der Waals surface area contributed by atoms with E-state index in [4.69, 9.17) is 10.2 Å². The number of aliphatic hydroxyl groups excluding tert-OH is 1. The molecule has 0 unspecified atom stereocenters. The Balaban J connectivity index is 2.62. The highest BCUT2D eigenvalue weighted by Crippen LogP contribution is 2.31. The average molecular weight is 294 g/mol. The molecule has 0 aromatic rings. The number of halogens is 2. The minimum Gasteiger partial charge on any atom is -0.481 e. The van der Waals surface area contributed by atoms with Gasteiger partial charge in [0.2, 0.25) is 0 Å². The van der Waals surface area contributed by atoms with E-state index in [9.17, 15) is 18.4 Å². The van der Waals surface area contributed by atoms with E-state index in [0.29, 0.717) is 0 Å². The van der Waals surface area contributed by atoms with Crippen LogP contribution in [-0.2, 0) is 4.79 Å². The Morgan fingerprint density at radius 1 is 1.35 bits per heavy atom. The highest BCUT2D eigenvalue weighted by atomic mass is 19.3. The Bertz CT molecular complexity index is 357. The van der Waals surface area contributed by atoms with Crippen molar-refractivity contribution in [3.8, 4) is 0 Å². The van der Waals surface area contributed by atoms with Gasteiger partial charge in [-0.3, -0.25) is 4.79 Å². The fraction of sp³-hybridized carbons (Fsp3) is 0.833. The predicted molar refractivity (Wildman–Crippen MR) is 66.6 cm³/mol. The lowest BCUT2D eigenvalue weighted by atomic mass is 9.80. The first-order valence-corrected chi connectivity index (χ1v) is 6.46. The van der Waals surface area contributed by atoms with Crippen LogP contribution < -0.4 is 0 Å². The lowest BCUT2D eigenvalue weighted by Gasteiger charge is -2.38. The number of hydrogen-bond donors (Lipinski definition) is 2. The molecule has 2 N–H and O–H groups in total. The molecule has 6 nitrogen and oxygen atoms in total. The molecule has 1 fully saturated rings. The van der Waals surface area contributed by atoms with Gasteiger partial charge in [-0.25, -0.2) is 13.6 Å². The van der Waals surface area contributed by atoms with Crippen LogP contribution >= 0.6 is 0 Å². The van der Waals surface area contributed by atoms with E-state index < -0.39 is 30.4 Å². The number of likely N-dealkylation sites (tertiary alicyclic amines) is 1. The van der Waals surface area contributed by atoms with Crippen molar-refractivity contribution in [3.05, 3.63) is 0 Å². The lowest BCUT2D eigenvalue weighted by molar-refractivity contribution is -0.150. The van der Waals surface area contributed by atoms with Gasteiger partial charge in [0.05, 0.1) is 18.6 Å². The summed E-state index contributed by atoms with van der Waals surface area (Å²) in [5.41, 5.74) is -0.874. The van der Waals surface area contributed by atoms with Crippen molar-refractivity contribution in [1.82, 2.24) is 9.80 Å². The number of aliphatic carboxylic acids is 1. The highest BCUT2D eigenvalue weighted by molar-refractivity contribution is 5.77. The molecule has 1 saturated heterocycles. The molecular formula is C12H20F2N2O4. The van der Waals surface area contributed by atoms with E-state index in [1.165, 1.54) is 4.90 Å². The van der Waals surface area contributed by atoms with Crippen LogP contribution in [0.5, 0.6) is 0 Å². The monoisotopic (exact) mass is 294 g/mol. The van der Waals surface area contributed by atoms with Crippen LogP contribution in [0, 0.1) is 5.41 Å². The number of carbonyl (C=O) groups excluding carboxylic acids is 1. The number of rotatable bonds is 5. The van der Waals surface area contributed by atoms with Crippen LogP contribution in [0.1, 0.15) is 19.8 Å². The number of urea groups is 1. The maximum atomic E-state index is 12.4. The second-order valence-electron chi connectivity index (χ2n) is 5.20. The van der Waals surface area contributed by atoms with E-state index in [1.807, 2.05) is 0 Å². The fourth-order valence-corrected chi connectivity index (χ4v) is 2.16. The van der Waals surface area contributed by atoms with E-state index >= 15 is 0 Å². The Morgan fingerprint density at radius 3 is 2.30 bits per heavy atom. The van der Waals surface area contributed by atoms with Gasteiger partial charge in [-0.05, 0) is 19.8 Å². The van der Waals surface area contributed by atoms with Crippen molar-refractivity contribution in [1.29, 1.82) is 0 Å². The number of carboxylic acid groups (broad SMARTS) is 1. The van der Waals surface area contributed by atoms with Gasteiger partial charge < -0.3 is 20.0 Å². The second-order valence-corrected chi connectivity index (χ2v) is 5.20. The van der Waals surface area contributed by atoms with Crippen LogP contribution in [0.3, 0.4) is 0 Å². The largest absolute Gasteiger partial charge is 0.481 e. The van der Waals surface area contributed by atoms with E-state index in [2.05, 4.69) is 0 Å². The molecule has 0 aliphatic carbocycles. The number of carboxylic acids is 1. The van der Waals surface area contributed by atoms with Crippen molar-refractivity contribution >= 4 is 12.0 Å². The third-order valence-electron chi connectivity index (χ3n) is 3.65. The molecule has 2 amide bonds. The van der Waals surface area contributed by atoms with Crippen molar-refractivity contribution < 1.29 is 28.6 Å². The molecule has 0 radical (unpaired) electrons. The van der Waals surface area contributed by atoms with Crippen molar-refractivity contribution in [2.75, 3.05) is 32.8 Å². The van der Waals surface area contributed by atoms with E-state index in [1.54, 1.807) is 6.92 Å². The van der Waals surface area contributed by atoms with Gasteiger partial charge in [0, 0.05) is 19.6 Å². The number of amides is 2. The Morgan fingerprint density at radius 2 is 1.90 bits per heavy atom. The van der Waals surface area contributed by atoms with Gasteiger partial charge in [0.15, 0.2) is 0 Å². The third-order valence-corrected chi connectivity index (χ3v) is 3.65. The fourth-order valence-electron chi connectivity index (χ4n) is 2.16. The van der Waals surface area contributed by atoms with Crippen molar-refractivity contribution in [2.45, 2.75) is 26.2 Å². The quantitative estimate of drug-likeness (QED) is 0.788. The molecule has 0 saturated carbocycles. The van der Waals surface area contributed by atoms with Crippen molar-refractivity contribution in [3.63, 3.8) is 0 Å². The maximum absolute atomic E-state index is 12.4. The van der Waals surface area contributed by atoms with Gasteiger partial charge in [-0.15, -0.1) is 0 Å². The number of nitrogens with zero attached hydrogens (tertiary/aromatic N) is 2. The standard InChI is InChI=1S/C12H20F2N2O4/c1-12(10(18)19)2-4-15(5-3-12)11(20)16(6-7-17)8-9(13)14/h9,17H,2-8H2,1H3,(H,18,19). The highest BCUT2D eigenvalue weighted by Gasteiger charge is 2.39. The molecule has 8 heteroatoms. The molecule has 0 spiro atoms. The number of aliphatic hydroxyl groups is 1. The normalized spacial score (nSPS) is 18.1. The smallest absolute Gasteiger partial charge is 0.320 e. The molecule has 20 heavy (non-hydrogen) atoms. The summed E-state index contributed by atoms with van der Waals surface area (Å²) in [6, 6.07) is -0.577. The minimum atomic E-state index is -2.67. The van der Waals surface area contributed by atoms with Crippen LogP contribution in [0.4, 0.5) is 13.6 Å². The number of piperidine rings is 1. The zero-order chi connectivity index (χ0) is 15.3. The van der Waals surface area contributed by atoms with E-state index in [0.717, 1.165) is 4.90 Å². The summed E-state index contributed by atoms with van der Waals surface area (Å²) >= 11 is 0. The van der Waals surface area contributed by atoms with Gasteiger partial charge in [0.25, 0.3) is 6.43 Å². The maximum Gasteiger partial charge on any atom is 0.320 e. The minimum absolute atomic E-state index is 0.157. The van der Waals surface area contributed by atoms with Gasteiger partial charge in [0.1, 0.15) is 0 Å². The Kier molecular flexibility index (Phi) is 5.67. The van der Waals surface area contributed by atoms with Crippen LogP contribution in [-0.4, -0.2) is 71.2 Å². The molecule has 1 aliphatic heterocycles. The molecule has 1 heterocycles. The number of carbonyl (C=O) groups is 2. The summed E-state index contributed by atoms with van der Waals surface area (Å²) < 4.78 is 24.8. The van der Waals surface area contributed by atoms with Crippen molar-refractivity contribution in [2.24, 2.45) is 5.41 Å². The SMILES string of the molecule is CC1(C(=O)O)CCN(C(=O)N(CCO)CC(F)F)CC1. The molecule has 0 bridgehead atoms. The molecule has 116 valence electrons. The summed E-state index contributed by atoms with van der Waals surface area (Å²) in [5.74, 6) is -0.913. The van der Waals surface area contributed by atoms with E-state index in [-0.39, 0.29) is 39.1 Å². The first-order chi connectivity index (χ1) is 9.30. The summed E-state index contributed by atoms with van der Waals surface area (Å²) in [5, 5.41) is 17.9. The topological polar surface area (TPSA) is 81.1 Å². The molecular weight excluding hydrogens is 274 g/mol. The average Bonchev–Trinajstić information content (AvgIpc) is 2.37. The predicted octanol–water partition coefficient (Wildman–Crippen LogP) is 0.853. The van der Waals surface area contributed by atoms with Crippen LogP contribution in [0.2, 0.25) is 0 Å². The molecule has 1 aliphatic rings. The summed E-state index contributed by atoms with van der Waals surface area (Å²) in [6.45, 7) is 0.766. The molecule has 1 rings (SSSR count). The molecule has 0 aromatic heterocycles. The summed E-state index contributed by atoms with van der Waals surface area (Å²) in [4.78, 5) is 25.4. The molecule has 0 aromatic carbocycles. The molecule has 0 atom stereocenters. The summed E-state index contributed by atoms with van der Waals surface area (Å²) in [7, 11) is 0. The van der Waals surface area contributed by atoms with Gasteiger partial charge in [-0.1, -0.05) is 0 Å². The Labute approximate surface area is 116 Å². The zero-order valence-electron chi connectivity index (χ0n) is 11.4. The third kappa shape index (κ3) is 4.03. The van der Waals surface area contributed by atoms with Crippen LogP contribution in [0.25, 0.3) is 0 Å². The summed E-state index contributed by atoms with van der Waals surface area (Å²) in [6.07, 6.45) is -2.09. The number of alkyl halides is 2. The first-order valence-electron chi connectivity index (χ1n) is 6.46. The number of hydrogen-bond acceptors (Lipinski definition) is 3. The van der Waals surface area contributed by atoms with Gasteiger partial charge in [-0.2, -0.15) is 0 Å². The lowest BCUT2D eigenvalue weighted by Crippen LogP contribution is -2.51. The van der Waals surface area contributed by atoms with Gasteiger partial charge >= 0.3 is 12.0 Å². The first kappa shape index (κ1) is 16.6. The Hall–Kier alpha value is -1.44.